The zero-order valence-corrected chi connectivity index (χ0v) is 15.4. The van der Waals surface area contributed by atoms with E-state index in [1.807, 2.05) is 19.1 Å². The minimum atomic E-state index is -0.412. The molecule has 0 unspecified atom stereocenters. The van der Waals surface area contributed by atoms with Crippen LogP contribution in [0.4, 0.5) is 10.5 Å². The molecule has 1 atom stereocenters. The second kappa shape index (κ2) is 7.22. The monoisotopic (exact) mass is 365 g/mol. The minimum Gasteiger partial charge on any atom is -0.440 e. The Morgan fingerprint density at radius 3 is 2.88 bits per heavy atom. The van der Waals surface area contributed by atoms with Gasteiger partial charge in [-0.25, -0.2) is 4.79 Å². The number of anilines is 1. The van der Waals surface area contributed by atoms with Crippen LogP contribution in [0.15, 0.2) is 18.2 Å². The van der Waals surface area contributed by atoms with Gasteiger partial charge in [0.1, 0.15) is 5.60 Å². The lowest BCUT2D eigenvalue weighted by Crippen LogP contribution is -2.50. The largest absolute Gasteiger partial charge is 0.440 e. The van der Waals surface area contributed by atoms with Gasteiger partial charge in [-0.15, -0.1) is 0 Å². The summed E-state index contributed by atoms with van der Waals surface area (Å²) >= 11 is 6.08. The van der Waals surface area contributed by atoms with E-state index in [1.165, 1.54) is 0 Å². The highest BCUT2D eigenvalue weighted by Crippen LogP contribution is 2.31. The molecule has 2 amide bonds. The molecule has 0 aliphatic carbocycles. The molecule has 136 valence electrons. The van der Waals surface area contributed by atoms with Crippen molar-refractivity contribution in [3.8, 4) is 0 Å². The van der Waals surface area contributed by atoms with Crippen molar-refractivity contribution in [3.63, 3.8) is 0 Å². The van der Waals surface area contributed by atoms with Crippen LogP contribution < -0.4 is 5.32 Å². The molecule has 25 heavy (non-hydrogen) atoms. The van der Waals surface area contributed by atoms with Gasteiger partial charge in [-0.2, -0.15) is 0 Å². The van der Waals surface area contributed by atoms with E-state index >= 15 is 0 Å². The van der Waals surface area contributed by atoms with Crippen LogP contribution in [0, 0.1) is 6.92 Å². The summed E-state index contributed by atoms with van der Waals surface area (Å²) in [5.41, 5.74) is 1.28. The van der Waals surface area contributed by atoms with E-state index in [0.29, 0.717) is 36.8 Å². The van der Waals surface area contributed by atoms with E-state index in [-0.39, 0.29) is 12.0 Å². The van der Waals surface area contributed by atoms with Gasteiger partial charge in [-0.05, 0) is 44.0 Å². The summed E-state index contributed by atoms with van der Waals surface area (Å²) in [7, 11) is 1.76. The fourth-order valence-corrected chi connectivity index (χ4v) is 3.72. The van der Waals surface area contributed by atoms with Gasteiger partial charge in [0.05, 0.1) is 6.54 Å². The molecule has 1 aromatic rings. The Labute approximate surface area is 153 Å². The molecule has 0 saturated carbocycles. The third-order valence-corrected chi connectivity index (χ3v) is 5.28. The topological polar surface area (TPSA) is 61.9 Å². The molecular formula is C18H24ClN3O3. The van der Waals surface area contributed by atoms with E-state index in [4.69, 9.17) is 16.3 Å². The Balaban J connectivity index is 1.50. The normalized spacial score (nSPS) is 23.8. The standard InChI is InChI=1S/C18H24ClN3O3/c1-13-4-5-14(10-15(13)19)20-16(23)6-9-22-8-3-7-18(12-22)11-21(2)17(24)25-18/h4-5,10H,3,6-9,11-12H2,1-2H3,(H,20,23)/t18-/m0/s1. The number of ether oxygens (including phenoxy) is 1. The van der Waals surface area contributed by atoms with Crippen molar-refractivity contribution in [1.29, 1.82) is 0 Å². The number of carbonyl (C=O) groups excluding carboxylic acids is 2. The van der Waals surface area contributed by atoms with Gasteiger partial charge in [-0.3, -0.25) is 9.69 Å². The number of piperidine rings is 1. The molecule has 6 nitrogen and oxygen atoms in total. The molecular weight excluding hydrogens is 342 g/mol. The molecule has 0 radical (unpaired) electrons. The number of benzene rings is 1. The lowest BCUT2D eigenvalue weighted by atomic mass is 9.92. The van der Waals surface area contributed by atoms with E-state index < -0.39 is 5.60 Å². The van der Waals surface area contributed by atoms with Crippen molar-refractivity contribution in [2.75, 3.05) is 38.5 Å². The number of nitrogens with one attached hydrogen (secondary N) is 1. The average Bonchev–Trinajstić information content (AvgIpc) is 2.82. The van der Waals surface area contributed by atoms with Crippen molar-refractivity contribution >= 4 is 29.3 Å². The van der Waals surface area contributed by atoms with Crippen molar-refractivity contribution in [2.24, 2.45) is 0 Å². The zero-order valence-electron chi connectivity index (χ0n) is 14.7. The van der Waals surface area contributed by atoms with Crippen LogP contribution >= 0.6 is 11.6 Å². The molecule has 2 aliphatic rings. The van der Waals surface area contributed by atoms with Gasteiger partial charge >= 0.3 is 6.09 Å². The number of hydrogen-bond acceptors (Lipinski definition) is 4. The highest BCUT2D eigenvalue weighted by atomic mass is 35.5. The second-order valence-corrected chi connectivity index (χ2v) is 7.46. The number of halogens is 1. The first-order chi connectivity index (χ1) is 11.9. The van der Waals surface area contributed by atoms with Gasteiger partial charge in [-0.1, -0.05) is 17.7 Å². The molecule has 1 spiro atoms. The molecule has 0 bridgehead atoms. The summed E-state index contributed by atoms with van der Waals surface area (Å²) in [5, 5.41) is 3.52. The molecule has 3 rings (SSSR count). The first-order valence-corrected chi connectivity index (χ1v) is 8.97. The quantitative estimate of drug-likeness (QED) is 0.891. The van der Waals surface area contributed by atoms with E-state index in [1.54, 1.807) is 18.0 Å². The Bertz CT molecular complexity index is 682. The number of aryl methyl sites for hydroxylation is 1. The van der Waals surface area contributed by atoms with Crippen LogP contribution in [0.25, 0.3) is 0 Å². The maximum absolute atomic E-state index is 12.2. The maximum Gasteiger partial charge on any atom is 0.410 e. The van der Waals surface area contributed by atoms with Crippen molar-refractivity contribution in [3.05, 3.63) is 28.8 Å². The number of nitrogens with zero attached hydrogens (tertiary/aromatic N) is 2. The Morgan fingerprint density at radius 2 is 2.20 bits per heavy atom. The summed E-state index contributed by atoms with van der Waals surface area (Å²) in [6.45, 7) is 4.80. The average molecular weight is 366 g/mol. The summed E-state index contributed by atoms with van der Waals surface area (Å²) in [6.07, 6.45) is 1.99. The minimum absolute atomic E-state index is 0.0416. The van der Waals surface area contributed by atoms with Crippen LogP contribution in [-0.4, -0.2) is 60.6 Å². The fraction of sp³-hybridized carbons (Fsp3) is 0.556. The lowest BCUT2D eigenvalue weighted by Gasteiger charge is -2.38. The van der Waals surface area contributed by atoms with Gasteiger partial charge in [0, 0.05) is 37.3 Å². The summed E-state index contributed by atoms with van der Waals surface area (Å²) in [6, 6.07) is 5.50. The van der Waals surface area contributed by atoms with Crippen LogP contribution in [0.2, 0.25) is 5.02 Å². The van der Waals surface area contributed by atoms with Gasteiger partial charge < -0.3 is 15.0 Å². The zero-order chi connectivity index (χ0) is 18.0. The maximum atomic E-state index is 12.2. The predicted octanol–water partition coefficient (Wildman–Crippen LogP) is 2.89. The highest BCUT2D eigenvalue weighted by Gasteiger charge is 2.46. The molecule has 2 aliphatic heterocycles. The molecule has 1 N–H and O–H groups in total. The number of hydrogen-bond donors (Lipinski definition) is 1. The lowest BCUT2D eigenvalue weighted by molar-refractivity contribution is -0.116. The first-order valence-electron chi connectivity index (χ1n) is 8.59. The Hall–Kier alpha value is -1.79. The van der Waals surface area contributed by atoms with Crippen LogP contribution in [0.5, 0.6) is 0 Å². The van der Waals surface area contributed by atoms with Crippen LogP contribution in [0.3, 0.4) is 0 Å². The number of likely N-dealkylation sites (N-methyl/N-ethyl adjacent to an activating group) is 1. The highest BCUT2D eigenvalue weighted by molar-refractivity contribution is 6.31. The van der Waals surface area contributed by atoms with Crippen molar-refractivity contribution in [2.45, 2.75) is 31.8 Å². The van der Waals surface area contributed by atoms with E-state index in [0.717, 1.165) is 24.9 Å². The SMILES string of the molecule is Cc1ccc(NC(=O)CCN2CCC[C@@]3(C2)CN(C)C(=O)O3)cc1Cl. The van der Waals surface area contributed by atoms with Gasteiger partial charge in [0.2, 0.25) is 5.91 Å². The number of rotatable bonds is 4. The Morgan fingerprint density at radius 1 is 1.40 bits per heavy atom. The summed E-state index contributed by atoms with van der Waals surface area (Å²) < 4.78 is 5.59. The van der Waals surface area contributed by atoms with Crippen LogP contribution in [0.1, 0.15) is 24.8 Å². The molecule has 2 heterocycles. The Kier molecular flexibility index (Phi) is 5.20. The van der Waals surface area contributed by atoms with E-state index in [2.05, 4.69) is 10.2 Å². The third-order valence-electron chi connectivity index (χ3n) is 4.87. The smallest absolute Gasteiger partial charge is 0.410 e. The third kappa shape index (κ3) is 4.25. The molecule has 1 aromatic carbocycles. The number of amides is 2. The summed E-state index contributed by atoms with van der Waals surface area (Å²) in [5.74, 6) is -0.0416. The molecule has 2 saturated heterocycles. The first kappa shape index (κ1) is 18.0. The predicted molar refractivity (Wildman–Crippen MR) is 97.0 cm³/mol. The molecule has 2 fully saturated rings. The van der Waals surface area contributed by atoms with Gasteiger partial charge in [0.15, 0.2) is 0 Å². The van der Waals surface area contributed by atoms with E-state index in [9.17, 15) is 9.59 Å². The fourth-order valence-electron chi connectivity index (χ4n) is 3.54. The number of likely N-dealkylation sites (tertiary alicyclic amines) is 1. The molecule has 7 heteroatoms. The van der Waals surface area contributed by atoms with Crippen LogP contribution in [-0.2, 0) is 9.53 Å². The van der Waals surface area contributed by atoms with Gasteiger partial charge in [0.25, 0.3) is 0 Å². The van der Waals surface area contributed by atoms with Crippen molar-refractivity contribution < 1.29 is 14.3 Å². The summed E-state index contributed by atoms with van der Waals surface area (Å²) in [4.78, 5) is 27.7. The molecule has 0 aromatic heterocycles. The second-order valence-electron chi connectivity index (χ2n) is 7.05. The number of carbonyl (C=O) groups is 2. The van der Waals surface area contributed by atoms with Crippen molar-refractivity contribution in [1.82, 2.24) is 9.80 Å².